The molecule has 5 nitrogen and oxygen atoms in total. The average Bonchev–Trinajstić information content (AvgIpc) is 2.46. The van der Waals surface area contributed by atoms with Crippen LogP contribution in [-0.2, 0) is 19.8 Å². The smallest absolute Gasteiger partial charge is 0.333 e. The van der Waals surface area contributed by atoms with E-state index in [1.807, 2.05) is 49.3 Å². The van der Waals surface area contributed by atoms with Crippen molar-refractivity contribution in [2.24, 2.45) is 0 Å². The molecule has 1 aromatic carbocycles. The first kappa shape index (κ1) is 16.6. The highest BCUT2D eigenvalue weighted by molar-refractivity contribution is 5.82. The Labute approximate surface area is 120 Å². The summed E-state index contributed by atoms with van der Waals surface area (Å²) in [7, 11) is 6.94. The molecule has 0 aliphatic carbocycles. The molecule has 0 bridgehead atoms. The van der Waals surface area contributed by atoms with Gasteiger partial charge in [-0.3, -0.25) is 5.32 Å². The summed E-state index contributed by atoms with van der Waals surface area (Å²) in [5.41, 5.74) is -0.131. The summed E-state index contributed by atoms with van der Waals surface area (Å²) in [6.07, 6.45) is 0. The molecular formula is C15H24N2O3. The molecule has 0 radical (unpaired) electrons. The van der Waals surface area contributed by atoms with Crippen LogP contribution in [0.15, 0.2) is 30.3 Å². The highest BCUT2D eigenvalue weighted by Gasteiger charge is 2.41. The Balaban J connectivity index is 3.04. The van der Waals surface area contributed by atoms with E-state index in [1.54, 1.807) is 7.11 Å². The molecule has 0 amide bonds. The van der Waals surface area contributed by atoms with Gasteiger partial charge in [0.15, 0.2) is 5.54 Å². The van der Waals surface area contributed by atoms with Gasteiger partial charge < -0.3 is 14.4 Å². The van der Waals surface area contributed by atoms with E-state index >= 15 is 0 Å². The van der Waals surface area contributed by atoms with E-state index < -0.39 is 5.54 Å². The lowest BCUT2D eigenvalue weighted by Crippen LogP contribution is -2.54. The molecule has 1 N–H and O–H groups in total. The van der Waals surface area contributed by atoms with Crippen molar-refractivity contribution in [1.29, 1.82) is 0 Å². The molecule has 1 rings (SSSR count). The molecule has 0 fully saturated rings. The highest BCUT2D eigenvalue weighted by Crippen LogP contribution is 2.23. The van der Waals surface area contributed by atoms with E-state index in [0.29, 0.717) is 6.54 Å². The number of carbonyl (C=O) groups excluding carboxylic acids is 1. The Morgan fingerprint density at radius 3 is 2.40 bits per heavy atom. The number of esters is 1. The number of rotatable bonds is 8. The van der Waals surface area contributed by atoms with Crippen molar-refractivity contribution in [1.82, 2.24) is 10.2 Å². The zero-order valence-corrected chi connectivity index (χ0v) is 12.7. The molecule has 1 atom stereocenters. The third-order valence-corrected chi connectivity index (χ3v) is 3.15. The number of ether oxygens (including phenoxy) is 2. The second-order valence-corrected chi connectivity index (χ2v) is 4.93. The zero-order valence-electron chi connectivity index (χ0n) is 12.7. The maximum Gasteiger partial charge on any atom is 0.333 e. The minimum Gasteiger partial charge on any atom is -0.467 e. The van der Waals surface area contributed by atoms with Gasteiger partial charge in [-0.05, 0) is 19.7 Å². The molecule has 0 aromatic heterocycles. The van der Waals surface area contributed by atoms with Gasteiger partial charge in [0, 0.05) is 20.2 Å². The van der Waals surface area contributed by atoms with E-state index in [2.05, 4.69) is 5.32 Å². The van der Waals surface area contributed by atoms with Crippen LogP contribution in [0.5, 0.6) is 0 Å². The number of hydrogen-bond donors (Lipinski definition) is 1. The van der Waals surface area contributed by atoms with Gasteiger partial charge in [0.05, 0.1) is 13.7 Å². The van der Waals surface area contributed by atoms with E-state index in [9.17, 15) is 4.79 Å². The Hall–Kier alpha value is -1.43. The molecule has 5 heteroatoms. The van der Waals surface area contributed by atoms with Crippen LogP contribution in [0.4, 0.5) is 0 Å². The number of methoxy groups -OCH3 is 2. The van der Waals surface area contributed by atoms with Crippen molar-refractivity contribution in [3.8, 4) is 0 Å². The van der Waals surface area contributed by atoms with Crippen molar-refractivity contribution in [2.45, 2.75) is 5.54 Å². The molecule has 0 saturated heterocycles. The molecule has 0 aliphatic rings. The van der Waals surface area contributed by atoms with Crippen LogP contribution in [0.3, 0.4) is 0 Å². The lowest BCUT2D eigenvalue weighted by molar-refractivity contribution is -0.151. The number of carbonyl (C=O) groups is 1. The van der Waals surface area contributed by atoms with Crippen LogP contribution in [0.25, 0.3) is 0 Å². The lowest BCUT2D eigenvalue weighted by atomic mass is 9.90. The van der Waals surface area contributed by atoms with Crippen LogP contribution in [0.1, 0.15) is 5.56 Å². The quantitative estimate of drug-likeness (QED) is 0.716. The normalized spacial score (nSPS) is 14.1. The van der Waals surface area contributed by atoms with Crippen LogP contribution >= 0.6 is 0 Å². The van der Waals surface area contributed by atoms with Crippen molar-refractivity contribution in [3.63, 3.8) is 0 Å². The zero-order chi connectivity index (χ0) is 15.0. The first-order chi connectivity index (χ1) is 9.56. The van der Waals surface area contributed by atoms with E-state index in [-0.39, 0.29) is 12.6 Å². The molecule has 1 aromatic rings. The molecule has 0 spiro atoms. The molecule has 1 unspecified atom stereocenters. The molecule has 20 heavy (non-hydrogen) atoms. The minimum absolute atomic E-state index is 0.219. The maximum atomic E-state index is 12.3. The number of hydrogen-bond acceptors (Lipinski definition) is 5. The fourth-order valence-electron chi connectivity index (χ4n) is 2.09. The Bertz CT molecular complexity index is 409. The molecular weight excluding hydrogens is 256 g/mol. The second kappa shape index (κ2) is 7.99. The van der Waals surface area contributed by atoms with Crippen LogP contribution in [-0.4, -0.2) is 58.9 Å². The largest absolute Gasteiger partial charge is 0.467 e. The van der Waals surface area contributed by atoms with Gasteiger partial charge in [0.25, 0.3) is 0 Å². The summed E-state index contributed by atoms with van der Waals surface area (Å²) < 4.78 is 10.3. The number of benzene rings is 1. The Morgan fingerprint density at radius 1 is 1.25 bits per heavy atom. The van der Waals surface area contributed by atoms with Gasteiger partial charge >= 0.3 is 5.97 Å². The predicted molar refractivity (Wildman–Crippen MR) is 78.6 cm³/mol. The highest BCUT2D eigenvalue weighted by atomic mass is 16.5. The SMILES string of the molecule is COCC(NCCN(C)C)(C(=O)OC)c1ccccc1. The average molecular weight is 280 g/mol. The molecule has 112 valence electrons. The van der Waals surface area contributed by atoms with Gasteiger partial charge in [-0.2, -0.15) is 0 Å². The standard InChI is InChI=1S/C15H24N2O3/c1-17(2)11-10-16-15(12-19-3,14(18)20-4)13-8-6-5-7-9-13/h5-9,16H,10-12H2,1-4H3. The minimum atomic E-state index is -0.971. The van der Waals surface area contributed by atoms with E-state index in [4.69, 9.17) is 9.47 Å². The van der Waals surface area contributed by atoms with E-state index in [0.717, 1.165) is 12.1 Å². The summed E-state index contributed by atoms with van der Waals surface area (Å²) in [6, 6.07) is 9.52. The fourth-order valence-corrected chi connectivity index (χ4v) is 2.09. The third kappa shape index (κ3) is 4.03. The summed E-state index contributed by atoms with van der Waals surface area (Å²) in [5.74, 6) is -0.343. The molecule has 0 aliphatic heterocycles. The van der Waals surface area contributed by atoms with Gasteiger partial charge in [-0.1, -0.05) is 30.3 Å². The van der Waals surface area contributed by atoms with Gasteiger partial charge in [0.1, 0.15) is 0 Å². The predicted octanol–water partition coefficient (Wildman–Crippen LogP) is 0.853. The summed E-state index contributed by atoms with van der Waals surface area (Å²) in [4.78, 5) is 14.4. The first-order valence-corrected chi connectivity index (χ1v) is 6.59. The van der Waals surface area contributed by atoms with Gasteiger partial charge in [0.2, 0.25) is 0 Å². The monoisotopic (exact) mass is 280 g/mol. The molecule has 0 saturated carbocycles. The molecule has 0 heterocycles. The first-order valence-electron chi connectivity index (χ1n) is 6.59. The number of nitrogens with zero attached hydrogens (tertiary/aromatic N) is 1. The van der Waals surface area contributed by atoms with Crippen molar-refractivity contribution < 1.29 is 14.3 Å². The Morgan fingerprint density at radius 2 is 1.90 bits per heavy atom. The van der Waals surface area contributed by atoms with Crippen LogP contribution in [0, 0.1) is 0 Å². The van der Waals surface area contributed by atoms with Crippen molar-refractivity contribution >= 4 is 5.97 Å². The van der Waals surface area contributed by atoms with Gasteiger partial charge in [-0.15, -0.1) is 0 Å². The van der Waals surface area contributed by atoms with Gasteiger partial charge in [-0.25, -0.2) is 4.79 Å². The summed E-state index contributed by atoms with van der Waals surface area (Å²) >= 11 is 0. The lowest BCUT2D eigenvalue weighted by Gasteiger charge is -2.32. The summed E-state index contributed by atoms with van der Waals surface area (Å²) in [5, 5.41) is 3.29. The van der Waals surface area contributed by atoms with Crippen molar-refractivity contribution in [3.05, 3.63) is 35.9 Å². The maximum absolute atomic E-state index is 12.3. The van der Waals surface area contributed by atoms with Crippen LogP contribution in [0.2, 0.25) is 0 Å². The fraction of sp³-hybridized carbons (Fsp3) is 0.533. The Kier molecular flexibility index (Phi) is 6.64. The van der Waals surface area contributed by atoms with Crippen LogP contribution < -0.4 is 5.32 Å². The third-order valence-electron chi connectivity index (χ3n) is 3.15. The summed E-state index contributed by atoms with van der Waals surface area (Å²) in [6.45, 7) is 1.69. The number of likely N-dealkylation sites (N-methyl/N-ethyl adjacent to an activating group) is 1. The second-order valence-electron chi connectivity index (χ2n) is 4.93. The number of nitrogens with one attached hydrogen (secondary N) is 1. The topological polar surface area (TPSA) is 50.8 Å². The van der Waals surface area contributed by atoms with Crippen molar-refractivity contribution in [2.75, 3.05) is 48.0 Å². The van der Waals surface area contributed by atoms with E-state index in [1.165, 1.54) is 7.11 Å².